The van der Waals surface area contributed by atoms with Crippen LogP contribution in [0.25, 0.3) is 0 Å². The summed E-state index contributed by atoms with van der Waals surface area (Å²) in [5.41, 5.74) is 2.45. The fourth-order valence-corrected chi connectivity index (χ4v) is 4.68. The molecule has 8 heteroatoms. The van der Waals surface area contributed by atoms with Crippen molar-refractivity contribution in [1.29, 1.82) is 0 Å². The zero-order chi connectivity index (χ0) is 20.9. The van der Waals surface area contributed by atoms with Crippen LogP contribution in [-0.2, 0) is 9.84 Å². The zero-order valence-corrected chi connectivity index (χ0v) is 17.6. The van der Waals surface area contributed by atoms with Crippen LogP contribution < -0.4 is 10.2 Å². The molecule has 0 atom stereocenters. The van der Waals surface area contributed by atoms with Gasteiger partial charge in [0.1, 0.15) is 10.7 Å². The van der Waals surface area contributed by atoms with Crippen molar-refractivity contribution < 1.29 is 12.8 Å². The van der Waals surface area contributed by atoms with Gasteiger partial charge in [-0.05, 0) is 36.8 Å². The Balaban J connectivity index is 1.53. The van der Waals surface area contributed by atoms with E-state index in [0.29, 0.717) is 5.96 Å². The number of piperazine rings is 1. The van der Waals surface area contributed by atoms with E-state index in [1.807, 2.05) is 0 Å². The number of anilines is 1. The number of hydrogen-bond donors (Lipinski definition) is 1. The molecular weight excluding hydrogens is 391 g/mol. The summed E-state index contributed by atoms with van der Waals surface area (Å²) in [6, 6.07) is 13.9. The van der Waals surface area contributed by atoms with Crippen molar-refractivity contribution in [2.24, 2.45) is 4.99 Å². The van der Waals surface area contributed by atoms with Crippen LogP contribution >= 0.6 is 0 Å². The second kappa shape index (κ2) is 9.26. The summed E-state index contributed by atoms with van der Waals surface area (Å²) in [5, 5.41) is 3.10. The summed E-state index contributed by atoms with van der Waals surface area (Å²) >= 11 is 0. The Labute approximate surface area is 172 Å². The molecule has 1 aliphatic rings. The van der Waals surface area contributed by atoms with E-state index in [9.17, 15) is 12.8 Å². The standard InChI is InChI=1S/C21H27FN4O2S/c1-17-6-5-7-18(16-17)25-11-13-26(14-12-25)21(23-2)24-10-15-29(27,28)20-9-4-3-8-19(20)22/h3-9,16H,10-15H2,1-2H3,(H,23,24). The molecule has 1 N–H and O–H groups in total. The summed E-state index contributed by atoms with van der Waals surface area (Å²) in [4.78, 5) is 8.46. The topological polar surface area (TPSA) is 65.0 Å². The molecule has 6 nitrogen and oxygen atoms in total. The number of sulfone groups is 1. The van der Waals surface area contributed by atoms with Gasteiger partial charge in [-0.25, -0.2) is 12.8 Å². The highest BCUT2D eigenvalue weighted by Gasteiger charge is 2.22. The maximum absolute atomic E-state index is 13.8. The van der Waals surface area contributed by atoms with E-state index in [2.05, 4.69) is 51.3 Å². The van der Waals surface area contributed by atoms with E-state index in [0.717, 1.165) is 32.2 Å². The first-order valence-electron chi connectivity index (χ1n) is 9.65. The minimum absolute atomic E-state index is 0.168. The van der Waals surface area contributed by atoms with Gasteiger partial charge in [-0.2, -0.15) is 0 Å². The normalized spacial score (nSPS) is 15.5. The third-order valence-electron chi connectivity index (χ3n) is 4.98. The monoisotopic (exact) mass is 418 g/mol. The van der Waals surface area contributed by atoms with E-state index in [1.165, 1.54) is 29.4 Å². The first kappa shape index (κ1) is 21.1. The molecule has 3 rings (SSSR count). The van der Waals surface area contributed by atoms with E-state index >= 15 is 0 Å². The minimum atomic E-state index is -3.69. The third-order valence-corrected chi connectivity index (χ3v) is 6.73. The third kappa shape index (κ3) is 5.26. The number of hydrogen-bond acceptors (Lipinski definition) is 4. The maximum atomic E-state index is 13.8. The Bertz CT molecular complexity index is 970. The summed E-state index contributed by atoms with van der Waals surface area (Å²) in [6.45, 7) is 5.54. The number of nitrogens with one attached hydrogen (secondary N) is 1. The van der Waals surface area contributed by atoms with E-state index in [1.54, 1.807) is 7.05 Å². The second-order valence-electron chi connectivity index (χ2n) is 7.04. The Hall–Kier alpha value is -2.61. The largest absolute Gasteiger partial charge is 0.368 e. The molecule has 1 fully saturated rings. The lowest BCUT2D eigenvalue weighted by molar-refractivity contribution is 0.373. The average molecular weight is 419 g/mol. The quantitative estimate of drug-likeness (QED) is 0.596. The van der Waals surface area contributed by atoms with Crippen LogP contribution in [0.5, 0.6) is 0 Å². The van der Waals surface area contributed by atoms with Crippen molar-refractivity contribution >= 4 is 21.5 Å². The molecule has 0 unspecified atom stereocenters. The number of rotatable bonds is 5. The first-order valence-corrected chi connectivity index (χ1v) is 11.3. The van der Waals surface area contributed by atoms with E-state index < -0.39 is 15.7 Å². The van der Waals surface area contributed by atoms with Gasteiger partial charge in [-0.1, -0.05) is 24.3 Å². The fourth-order valence-electron chi connectivity index (χ4n) is 3.44. The van der Waals surface area contributed by atoms with E-state index in [-0.39, 0.29) is 17.2 Å². The summed E-state index contributed by atoms with van der Waals surface area (Å²) in [6.07, 6.45) is 0. The minimum Gasteiger partial charge on any atom is -0.368 e. The van der Waals surface area contributed by atoms with Crippen molar-refractivity contribution in [2.45, 2.75) is 11.8 Å². The van der Waals surface area contributed by atoms with Gasteiger partial charge in [0, 0.05) is 45.5 Å². The Morgan fingerprint density at radius 3 is 2.48 bits per heavy atom. The van der Waals surface area contributed by atoms with E-state index in [4.69, 9.17) is 0 Å². The van der Waals surface area contributed by atoms with Crippen molar-refractivity contribution in [3.05, 3.63) is 59.9 Å². The van der Waals surface area contributed by atoms with Gasteiger partial charge in [-0.3, -0.25) is 4.99 Å². The van der Waals surface area contributed by atoms with Gasteiger partial charge >= 0.3 is 0 Å². The first-order chi connectivity index (χ1) is 13.9. The highest BCUT2D eigenvalue weighted by atomic mass is 32.2. The molecule has 0 aliphatic carbocycles. The number of benzene rings is 2. The summed E-state index contributed by atoms with van der Waals surface area (Å²) in [7, 11) is -2.01. The number of nitrogens with zero attached hydrogens (tertiary/aromatic N) is 3. The van der Waals surface area contributed by atoms with Gasteiger partial charge < -0.3 is 15.1 Å². The molecule has 2 aromatic rings. The van der Waals surface area contributed by atoms with Crippen molar-refractivity contribution in [3.8, 4) is 0 Å². The van der Waals surface area contributed by atoms with Crippen molar-refractivity contribution in [3.63, 3.8) is 0 Å². The number of aryl methyl sites for hydroxylation is 1. The van der Waals surface area contributed by atoms with Crippen LogP contribution in [0.2, 0.25) is 0 Å². The fraction of sp³-hybridized carbons (Fsp3) is 0.381. The lowest BCUT2D eigenvalue weighted by atomic mass is 10.2. The second-order valence-corrected chi connectivity index (χ2v) is 9.11. The maximum Gasteiger partial charge on any atom is 0.193 e. The van der Waals surface area contributed by atoms with Crippen LogP contribution in [0.15, 0.2) is 58.4 Å². The summed E-state index contributed by atoms with van der Waals surface area (Å²) in [5.74, 6) is -0.252. The summed E-state index contributed by atoms with van der Waals surface area (Å²) < 4.78 is 38.6. The highest BCUT2D eigenvalue weighted by Crippen LogP contribution is 2.18. The molecule has 0 aromatic heterocycles. The van der Waals surface area contributed by atoms with Crippen LogP contribution in [0.4, 0.5) is 10.1 Å². The molecule has 1 saturated heterocycles. The molecule has 1 aliphatic heterocycles. The Kier molecular flexibility index (Phi) is 6.74. The van der Waals surface area contributed by atoms with Crippen LogP contribution in [0.1, 0.15) is 5.56 Å². The molecule has 0 radical (unpaired) electrons. The Morgan fingerprint density at radius 1 is 1.10 bits per heavy atom. The van der Waals surface area contributed by atoms with Crippen molar-refractivity contribution in [2.75, 3.05) is 50.4 Å². The van der Waals surface area contributed by atoms with Gasteiger partial charge in [0.25, 0.3) is 0 Å². The highest BCUT2D eigenvalue weighted by molar-refractivity contribution is 7.91. The molecule has 0 saturated carbocycles. The lowest BCUT2D eigenvalue weighted by Gasteiger charge is -2.37. The number of halogens is 1. The predicted molar refractivity (Wildman–Crippen MR) is 115 cm³/mol. The molecule has 0 amide bonds. The molecule has 0 bridgehead atoms. The van der Waals surface area contributed by atoms with Crippen LogP contribution in [0, 0.1) is 12.7 Å². The molecule has 29 heavy (non-hydrogen) atoms. The molecular formula is C21H27FN4O2S. The molecule has 0 spiro atoms. The predicted octanol–water partition coefficient (Wildman–Crippen LogP) is 2.31. The molecule has 1 heterocycles. The number of guanidine groups is 1. The Morgan fingerprint density at radius 2 is 1.83 bits per heavy atom. The zero-order valence-electron chi connectivity index (χ0n) is 16.8. The lowest BCUT2D eigenvalue weighted by Crippen LogP contribution is -2.53. The van der Waals surface area contributed by atoms with Gasteiger partial charge in [0.15, 0.2) is 15.8 Å². The average Bonchev–Trinajstić information content (AvgIpc) is 2.71. The van der Waals surface area contributed by atoms with Crippen LogP contribution in [0.3, 0.4) is 0 Å². The smallest absolute Gasteiger partial charge is 0.193 e. The molecule has 156 valence electrons. The number of aliphatic imine (C=N–C) groups is 1. The van der Waals surface area contributed by atoms with Gasteiger partial charge in [0.2, 0.25) is 0 Å². The van der Waals surface area contributed by atoms with Gasteiger partial charge in [0.05, 0.1) is 5.75 Å². The molecule has 2 aromatic carbocycles. The SMILES string of the molecule is CN=C(NCCS(=O)(=O)c1ccccc1F)N1CCN(c2cccc(C)c2)CC1. The van der Waals surface area contributed by atoms with Crippen molar-refractivity contribution in [1.82, 2.24) is 10.2 Å². The van der Waals surface area contributed by atoms with Crippen LogP contribution in [-0.4, -0.2) is 64.8 Å². The van der Waals surface area contributed by atoms with Gasteiger partial charge in [-0.15, -0.1) is 0 Å².